The van der Waals surface area contributed by atoms with Crippen LogP contribution < -0.4 is 5.32 Å². The van der Waals surface area contributed by atoms with Gasteiger partial charge in [0.15, 0.2) is 5.65 Å². The van der Waals surface area contributed by atoms with Crippen LogP contribution in [0.5, 0.6) is 0 Å². The maximum absolute atomic E-state index is 12.7. The largest absolute Gasteiger partial charge is 0.322 e. The number of halogens is 1. The molecule has 0 spiro atoms. The van der Waals surface area contributed by atoms with E-state index in [0.717, 1.165) is 16.8 Å². The van der Waals surface area contributed by atoms with Crippen molar-refractivity contribution in [2.75, 3.05) is 5.32 Å². The molecule has 0 saturated heterocycles. The molecule has 1 amide bonds. The topological polar surface area (TPSA) is 59.8 Å². The first kappa shape index (κ1) is 18.4. The number of pyridine rings is 1. The van der Waals surface area contributed by atoms with E-state index in [2.05, 4.69) is 29.2 Å². The van der Waals surface area contributed by atoms with Crippen LogP contribution in [-0.2, 0) is 0 Å². The highest BCUT2D eigenvalue weighted by Crippen LogP contribution is 2.30. The van der Waals surface area contributed by atoms with Crippen molar-refractivity contribution in [3.05, 3.63) is 52.3 Å². The zero-order chi connectivity index (χ0) is 19.0. The van der Waals surface area contributed by atoms with Gasteiger partial charge in [-0.1, -0.05) is 37.6 Å². The first-order chi connectivity index (χ1) is 12.3. The molecule has 2 heterocycles. The van der Waals surface area contributed by atoms with Crippen molar-refractivity contribution in [1.82, 2.24) is 14.8 Å². The third kappa shape index (κ3) is 3.31. The SMILES string of the molecule is Cc1nn(C(C)C)c2ncc(C(=O)Nc3ccc(C(C)C)cc3)c(Cl)c12. The quantitative estimate of drug-likeness (QED) is 0.673. The summed E-state index contributed by atoms with van der Waals surface area (Å²) in [6.45, 7) is 10.2. The van der Waals surface area contributed by atoms with Gasteiger partial charge < -0.3 is 5.32 Å². The van der Waals surface area contributed by atoms with Crippen LogP contribution in [-0.4, -0.2) is 20.7 Å². The summed E-state index contributed by atoms with van der Waals surface area (Å²) in [4.78, 5) is 17.1. The van der Waals surface area contributed by atoms with Gasteiger partial charge in [0, 0.05) is 17.9 Å². The van der Waals surface area contributed by atoms with E-state index < -0.39 is 0 Å². The Hall–Kier alpha value is -2.40. The standard InChI is InChI=1S/C20H23ClN4O/c1-11(2)14-6-8-15(9-7-14)23-20(26)16-10-22-19-17(18(16)21)13(5)24-25(19)12(3)4/h6-12H,1-5H3,(H,23,26). The summed E-state index contributed by atoms with van der Waals surface area (Å²) in [5.74, 6) is 0.166. The normalized spacial score (nSPS) is 11.5. The number of nitrogens with one attached hydrogen (secondary N) is 1. The number of amides is 1. The molecule has 0 fully saturated rings. The molecule has 1 aromatic carbocycles. The van der Waals surface area contributed by atoms with E-state index in [1.165, 1.54) is 11.8 Å². The van der Waals surface area contributed by atoms with Crippen molar-refractivity contribution in [2.45, 2.75) is 46.6 Å². The zero-order valence-electron chi connectivity index (χ0n) is 15.7. The number of rotatable bonds is 4. The fourth-order valence-electron chi connectivity index (χ4n) is 2.90. The molecule has 0 unspecified atom stereocenters. The van der Waals surface area contributed by atoms with E-state index >= 15 is 0 Å². The number of nitrogens with zero attached hydrogens (tertiary/aromatic N) is 3. The number of aromatic nitrogens is 3. The molecule has 0 radical (unpaired) electrons. The maximum atomic E-state index is 12.7. The summed E-state index contributed by atoms with van der Waals surface area (Å²) in [6, 6.07) is 7.99. The van der Waals surface area contributed by atoms with Crippen LogP contribution >= 0.6 is 11.6 Å². The average Bonchev–Trinajstić information content (AvgIpc) is 2.93. The second-order valence-corrected chi connectivity index (χ2v) is 7.42. The Morgan fingerprint density at radius 2 is 1.81 bits per heavy atom. The molecule has 3 aromatic rings. The van der Waals surface area contributed by atoms with E-state index in [1.54, 1.807) is 0 Å². The lowest BCUT2D eigenvalue weighted by atomic mass is 10.0. The van der Waals surface area contributed by atoms with Crippen molar-refractivity contribution in [3.63, 3.8) is 0 Å². The average molecular weight is 371 g/mol. The number of fused-ring (bicyclic) bond motifs is 1. The lowest BCUT2D eigenvalue weighted by molar-refractivity contribution is 0.102. The van der Waals surface area contributed by atoms with Crippen LogP contribution in [0, 0.1) is 6.92 Å². The van der Waals surface area contributed by atoms with Crippen molar-refractivity contribution in [1.29, 1.82) is 0 Å². The molecule has 0 saturated carbocycles. The summed E-state index contributed by atoms with van der Waals surface area (Å²) in [7, 11) is 0. The van der Waals surface area contributed by atoms with Crippen LogP contribution in [0.25, 0.3) is 11.0 Å². The van der Waals surface area contributed by atoms with Gasteiger partial charge >= 0.3 is 0 Å². The highest BCUT2D eigenvalue weighted by atomic mass is 35.5. The Bertz CT molecular complexity index is 958. The molecule has 2 aromatic heterocycles. The van der Waals surface area contributed by atoms with E-state index in [9.17, 15) is 4.79 Å². The number of aryl methyl sites for hydroxylation is 1. The molecule has 0 aliphatic carbocycles. The van der Waals surface area contributed by atoms with Crippen molar-refractivity contribution in [2.24, 2.45) is 0 Å². The highest BCUT2D eigenvalue weighted by molar-refractivity contribution is 6.39. The number of hydrogen-bond donors (Lipinski definition) is 1. The maximum Gasteiger partial charge on any atom is 0.258 e. The molecule has 6 heteroatoms. The van der Waals surface area contributed by atoms with Gasteiger partial charge in [0.25, 0.3) is 5.91 Å². The molecule has 0 bridgehead atoms. The Kier molecular flexibility index (Phi) is 5.01. The Morgan fingerprint density at radius 1 is 1.15 bits per heavy atom. The molecular weight excluding hydrogens is 348 g/mol. The lowest BCUT2D eigenvalue weighted by Crippen LogP contribution is -2.13. The van der Waals surface area contributed by atoms with E-state index in [-0.39, 0.29) is 11.9 Å². The first-order valence-electron chi connectivity index (χ1n) is 8.74. The molecular formula is C20H23ClN4O. The Balaban J connectivity index is 1.93. The number of anilines is 1. The van der Waals surface area contributed by atoms with Gasteiger partial charge in [-0.15, -0.1) is 0 Å². The van der Waals surface area contributed by atoms with Crippen LogP contribution in [0.2, 0.25) is 5.02 Å². The summed E-state index contributed by atoms with van der Waals surface area (Å²) in [6.07, 6.45) is 1.52. The number of carbonyl (C=O) groups is 1. The Morgan fingerprint density at radius 3 is 2.38 bits per heavy atom. The second-order valence-electron chi connectivity index (χ2n) is 7.04. The molecule has 1 N–H and O–H groups in total. The second kappa shape index (κ2) is 7.08. The van der Waals surface area contributed by atoms with Crippen molar-refractivity contribution >= 4 is 34.2 Å². The summed E-state index contributed by atoms with van der Waals surface area (Å²) in [5.41, 5.74) is 3.76. The van der Waals surface area contributed by atoms with Crippen LogP contribution in [0.3, 0.4) is 0 Å². The molecule has 136 valence electrons. The van der Waals surface area contributed by atoms with Gasteiger partial charge in [-0.3, -0.25) is 4.79 Å². The zero-order valence-corrected chi connectivity index (χ0v) is 16.4. The molecule has 0 aliphatic rings. The van der Waals surface area contributed by atoms with E-state index in [1.807, 2.05) is 49.7 Å². The highest BCUT2D eigenvalue weighted by Gasteiger charge is 2.20. The van der Waals surface area contributed by atoms with Crippen molar-refractivity contribution in [3.8, 4) is 0 Å². The van der Waals surface area contributed by atoms with Gasteiger partial charge in [0.1, 0.15) is 0 Å². The van der Waals surface area contributed by atoms with Crippen LogP contribution in [0.1, 0.15) is 61.3 Å². The predicted octanol–water partition coefficient (Wildman–Crippen LogP) is 5.35. The fourth-order valence-corrected chi connectivity index (χ4v) is 3.26. The predicted molar refractivity (Wildman–Crippen MR) is 106 cm³/mol. The Labute approximate surface area is 158 Å². The fraction of sp³-hybridized carbons (Fsp3) is 0.350. The number of carbonyl (C=O) groups excluding carboxylic acids is 1. The van der Waals surface area contributed by atoms with Crippen LogP contribution in [0.15, 0.2) is 30.5 Å². The van der Waals surface area contributed by atoms with Gasteiger partial charge in [0.05, 0.1) is 21.7 Å². The van der Waals surface area contributed by atoms with Gasteiger partial charge in [-0.25, -0.2) is 9.67 Å². The molecule has 5 nitrogen and oxygen atoms in total. The minimum atomic E-state index is -0.279. The lowest BCUT2D eigenvalue weighted by Gasteiger charge is -2.10. The van der Waals surface area contributed by atoms with Gasteiger partial charge in [-0.05, 0) is 44.4 Å². The monoisotopic (exact) mass is 370 g/mol. The summed E-state index contributed by atoms with van der Waals surface area (Å²) >= 11 is 6.54. The smallest absolute Gasteiger partial charge is 0.258 e. The minimum absolute atomic E-state index is 0.161. The summed E-state index contributed by atoms with van der Waals surface area (Å²) in [5, 5.41) is 8.50. The number of benzene rings is 1. The van der Waals surface area contributed by atoms with Gasteiger partial charge in [-0.2, -0.15) is 5.10 Å². The molecule has 3 rings (SSSR count). The third-order valence-corrected chi connectivity index (χ3v) is 4.79. The number of hydrogen-bond acceptors (Lipinski definition) is 3. The molecule has 0 atom stereocenters. The molecule has 26 heavy (non-hydrogen) atoms. The molecule has 0 aliphatic heterocycles. The van der Waals surface area contributed by atoms with E-state index in [4.69, 9.17) is 11.6 Å². The third-order valence-electron chi connectivity index (χ3n) is 4.40. The van der Waals surface area contributed by atoms with Gasteiger partial charge in [0.2, 0.25) is 0 Å². The minimum Gasteiger partial charge on any atom is -0.322 e. The summed E-state index contributed by atoms with van der Waals surface area (Å²) < 4.78 is 1.82. The van der Waals surface area contributed by atoms with Crippen LogP contribution in [0.4, 0.5) is 5.69 Å². The van der Waals surface area contributed by atoms with Crippen molar-refractivity contribution < 1.29 is 4.79 Å². The first-order valence-corrected chi connectivity index (χ1v) is 9.12. The van der Waals surface area contributed by atoms with E-state index in [0.29, 0.717) is 22.2 Å².